The first-order valence-corrected chi connectivity index (χ1v) is 9.34. The van der Waals surface area contributed by atoms with Gasteiger partial charge in [0.05, 0.1) is 5.56 Å². The third-order valence-corrected chi connectivity index (χ3v) is 4.40. The number of aromatic amines is 1. The number of pyridine rings is 1. The first-order valence-electron chi connectivity index (χ1n) is 8.96. The number of hydrogen-bond acceptors (Lipinski definition) is 5. The third kappa shape index (κ3) is 4.77. The Balaban J connectivity index is 2.55. The summed E-state index contributed by atoms with van der Waals surface area (Å²) >= 11 is 5.78. The molecule has 0 aliphatic heterocycles. The van der Waals surface area contributed by atoms with Crippen LogP contribution in [-0.4, -0.2) is 27.0 Å². The van der Waals surface area contributed by atoms with Gasteiger partial charge in [-0.1, -0.05) is 38.3 Å². The fraction of sp³-hybridized carbons (Fsp3) is 0.444. The Morgan fingerprint density at radius 2 is 1.96 bits per heavy atom. The number of nitrogens with one attached hydrogen (secondary N) is 1. The van der Waals surface area contributed by atoms with E-state index < -0.39 is 17.2 Å². The molecule has 2 heterocycles. The predicted molar refractivity (Wildman–Crippen MR) is 106 cm³/mol. The van der Waals surface area contributed by atoms with Gasteiger partial charge in [-0.2, -0.15) is 0 Å². The molecule has 0 unspecified atom stereocenters. The molecule has 8 nitrogen and oxygen atoms in total. The number of hydrogen-bond donors (Lipinski definition) is 2. The van der Waals surface area contributed by atoms with Crippen LogP contribution < -0.4 is 21.9 Å². The van der Waals surface area contributed by atoms with Gasteiger partial charge in [0.15, 0.2) is 5.69 Å². The second kappa shape index (κ2) is 9.36. The van der Waals surface area contributed by atoms with E-state index in [-0.39, 0.29) is 28.8 Å². The quantitative estimate of drug-likeness (QED) is 0.668. The van der Waals surface area contributed by atoms with E-state index in [0.717, 1.165) is 19.3 Å². The van der Waals surface area contributed by atoms with Crippen LogP contribution in [0.25, 0.3) is 0 Å². The number of rotatable bonds is 8. The average molecular weight is 394 g/mol. The van der Waals surface area contributed by atoms with Crippen LogP contribution in [0.4, 0.5) is 11.5 Å². The summed E-state index contributed by atoms with van der Waals surface area (Å²) in [5, 5.41) is 0.261. The summed E-state index contributed by atoms with van der Waals surface area (Å²) < 4.78 is 1.30. The van der Waals surface area contributed by atoms with Gasteiger partial charge < -0.3 is 10.6 Å². The normalized spacial score (nSPS) is 10.8. The SMILES string of the molecule is CCCCN(C(=O)c1ccc(Cl)nc1)c1c(N)n(CCCC)c(=O)[nH]c1=O. The minimum absolute atomic E-state index is 0.0106. The highest BCUT2D eigenvalue weighted by Crippen LogP contribution is 2.20. The number of carbonyl (C=O) groups is 1. The Morgan fingerprint density at radius 1 is 1.26 bits per heavy atom. The fourth-order valence-corrected chi connectivity index (χ4v) is 2.78. The maximum atomic E-state index is 13.0. The number of amides is 1. The van der Waals surface area contributed by atoms with E-state index >= 15 is 0 Å². The van der Waals surface area contributed by atoms with Crippen LogP contribution in [0.3, 0.4) is 0 Å². The van der Waals surface area contributed by atoms with Crippen LogP contribution in [-0.2, 0) is 6.54 Å². The van der Waals surface area contributed by atoms with Gasteiger partial charge in [-0.05, 0) is 25.0 Å². The van der Waals surface area contributed by atoms with Crippen molar-refractivity contribution in [3.8, 4) is 0 Å². The highest BCUT2D eigenvalue weighted by atomic mass is 35.5. The zero-order valence-electron chi connectivity index (χ0n) is 15.5. The Morgan fingerprint density at radius 3 is 2.56 bits per heavy atom. The van der Waals surface area contributed by atoms with E-state index in [1.165, 1.54) is 27.8 Å². The van der Waals surface area contributed by atoms with Crippen LogP contribution in [0.5, 0.6) is 0 Å². The zero-order valence-corrected chi connectivity index (χ0v) is 16.3. The lowest BCUT2D eigenvalue weighted by Gasteiger charge is -2.24. The molecule has 9 heteroatoms. The molecular weight excluding hydrogens is 370 g/mol. The highest BCUT2D eigenvalue weighted by Gasteiger charge is 2.25. The topological polar surface area (TPSA) is 114 Å². The number of carbonyl (C=O) groups excluding carboxylic acids is 1. The minimum Gasteiger partial charge on any atom is -0.383 e. The lowest BCUT2D eigenvalue weighted by molar-refractivity contribution is 0.0986. The van der Waals surface area contributed by atoms with Crippen LogP contribution in [0.15, 0.2) is 27.9 Å². The van der Waals surface area contributed by atoms with E-state index in [2.05, 4.69) is 9.97 Å². The number of anilines is 2. The summed E-state index contributed by atoms with van der Waals surface area (Å²) in [5.74, 6) is -0.436. The van der Waals surface area contributed by atoms with Gasteiger partial charge in [0.2, 0.25) is 0 Å². The molecule has 0 aromatic carbocycles. The molecule has 0 radical (unpaired) electrons. The molecule has 0 aliphatic carbocycles. The smallest absolute Gasteiger partial charge is 0.330 e. The van der Waals surface area contributed by atoms with Gasteiger partial charge in [0.25, 0.3) is 11.5 Å². The number of unbranched alkanes of at least 4 members (excludes halogenated alkanes) is 2. The van der Waals surface area contributed by atoms with E-state index in [9.17, 15) is 14.4 Å². The molecule has 146 valence electrons. The number of nitrogen functional groups attached to an aromatic ring is 1. The molecule has 0 atom stereocenters. The summed E-state index contributed by atoms with van der Waals surface area (Å²) in [4.78, 5) is 45.2. The van der Waals surface area contributed by atoms with E-state index in [4.69, 9.17) is 17.3 Å². The number of nitrogens with zero attached hydrogens (tertiary/aromatic N) is 3. The Labute approximate surface area is 162 Å². The molecule has 0 spiro atoms. The minimum atomic E-state index is -0.684. The van der Waals surface area contributed by atoms with Crippen molar-refractivity contribution in [2.45, 2.75) is 46.1 Å². The molecule has 2 aromatic heterocycles. The van der Waals surface area contributed by atoms with E-state index in [1.807, 2.05) is 13.8 Å². The summed E-state index contributed by atoms with van der Waals surface area (Å²) in [6.45, 7) is 4.61. The molecule has 1 amide bonds. The largest absolute Gasteiger partial charge is 0.383 e. The molecule has 2 aromatic rings. The fourth-order valence-electron chi connectivity index (χ4n) is 2.67. The molecule has 0 saturated carbocycles. The van der Waals surface area contributed by atoms with Gasteiger partial charge in [0.1, 0.15) is 11.0 Å². The first-order chi connectivity index (χ1) is 12.9. The second-order valence-electron chi connectivity index (χ2n) is 6.18. The monoisotopic (exact) mass is 393 g/mol. The molecule has 27 heavy (non-hydrogen) atoms. The standard InChI is InChI=1S/C18H24ClN5O3/c1-3-5-9-23(17(26)12-7-8-13(19)21-11-12)14-15(20)24(10-6-4-2)18(27)22-16(14)25/h7-8,11H,3-6,9-10,20H2,1-2H3,(H,22,25,27). The Kier molecular flexibility index (Phi) is 7.18. The number of H-pyrrole nitrogens is 1. The third-order valence-electron chi connectivity index (χ3n) is 4.17. The first kappa shape index (κ1) is 20.7. The predicted octanol–water partition coefficient (Wildman–Crippen LogP) is 2.41. The lowest BCUT2D eigenvalue weighted by atomic mass is 10.2. The summed E-state index contributed by atoms with van der Waals surface area (Å²) in [7, 11) is 0. The highest BCUT2D eigenvalue weighted by molar-refractivity contribution is 6.29. The van der Waals surface area contributed by atoms with Crippen LogP contribution in [0, 0.1) is 0 Å². The molecular formula is C18H24ClN5O3. The van der Waals surface area contributed by atoms with Crippen molar-refractivity contribution in [3.05, 3.63) is 49.9 Å². The van der Waals surface area contributed by atoms with Crippen molar-refractivity contribution < 1.29 is 4.79 Å². The lowest BCUT2D eigenvalue weighted by Crippen LogP contribution is -2.41. The summed E-state index contributed by atoms with van der Waals surface area (Å²) in [6, 6.07) is 3.04. The van der Waals surface area contributed by atoms with Crippen molar-refractivity contribution in [2.75, 3.05) is 17.2 Å². The molecule has 0 saturated heterocycles. The summed E-state index contributed by atoms with van der Waals surface area (Å²) in [6.07, 6.45) is 4.41. The number of aromatic nitrogens is 3. The van der Waals surface area contributed by atoms with Crippen molar-refractivity contribution >= 4 is 29.0 Å². The molecule has 0 fully saturated rings. The molecule has 3 N–H and O–H groups in total. The van der Waals surface area contributed by atoms with Crippen LogP contribution >= 0.6 is 11.6 Å². The Bertz CT molecular complexity index is 905. The number of nitrogens with two attached hydrogens (primary N) is 1. The maximum Gasteiger partial charge on any atom is 0.330 e. The van der Waals surface area contributed by atoms with Crippen molar-refractivity contribution in [3.63, 3.8) is 0 Å². The summed E-state index contributed by atoms with van der Waals surface area (Å²) in [5.41, 5.74) is 5.15. The molecule has 2 rings (SSSR count). The second-order valence-corrected chi connectivity index (χ2v) is 6.57. The zero-order chi connectivity index (χ0) is 20.0. The van der Waals surface area contributed by atoms with Crippen LogP contribution in [0.1, 0.15) is 49.9 Å². The van der Waals surface area contributed by atoms with Gasteiger partial charge in [-0.3, -0.25) is 19.1 Å². The van der Waals surface area contributed by atoms with E-state index in [1.54, 1.807) is 0 Å². The van der Waals surface area contributed by atoms with Gasteiger partial charge in [0, 0.05) is 19.3 Å². The van der Waals surface area contributed by atoms with Gasteiger partial charge >= 0.3 is 5.69 Å². The van der Waals surface area contributed by atoms with Gasteiger partial charge in [-0.25, -0.2) is 9.78 Å². The molecule has 0 aliphatic rings. The van der Waals surface area contributed by atoms with Crippen LogP contribution in [0.2, 0.25) is 5.15 Å². The van der Waals surface area contributed by atoms with Crippen molar-refractivity contribution in [1.82, 2.24) is 14.5 Å². The Hall–Kier alpha value is -2.61. The average Bonchev–Trinajstić information content (AvgIpc) is 2.64. The van der Waals surface area contributed by atoms with E-state index in [0.29, 0.717) is 13.0 Å². The van der Waals surface area contributed by atoms with Crippen molar-refractivity contribution in [1.29, 1.82) is 0 Å². The number of halogens is 1. The maximum absolute atomic E-state index is 13.0. The van der Waals surface area contributed by atoms with Gasteiger partial charge in [-0.15, -0.1) is 0 Å². The van der Waals surface area contributed by atoms with Crippen molar-refractivity contribution in [2.24, 2.45) is 0 Å². The molecule has 0 bridgehead atoms.